The fourth-order valence-electron chi connectivity index (χ4n) is 1.91. The van der Waals surface area contributed by atoms with Crippen LogP contribution in [0.3, 0.4) is 0 Å². The molecule has 0 N–H and O–H groups in total. The van der Waals surface area contributed by atoms with Gasteiger partial charge in [-0.15, -0.1) is 0 Å². The Labute approximate surface area is 164 Å². The van der Waals surface area contributed by atoms with Crippen LogP contribution in [0, 0.1) is 6.92 Å². The van der Waals surface area contributed by atoms with Crippen LogP contribution in [-0.4, -0.2) is 34.0 Å². The quantitative estimate of drug-likeness (QED) is 0.121. The van der Waals surface area contributed by atoms with Gasteiger partial charge in [0.15, 0.2) is 6.40 Å². The lowest BCUT2D eigenvalue weighted by Crippen LogP contribution is -2.11. The van der Waals surface area contributed by atoms with Crippen molar-refractivity contribution < 1.29 is 26.9 Å². The molecule has 0 radical (unpaired) electrons. The Kier molecular flexibility index (Phi) is 7.48. The Morgan fingerprint density at radius 1 is 1.07 bits per heavy atom. The Balaban J connectivity index is 1.75. The number of esters is 1. The summed E-state index contributed by atoms with van der Waals surface area (Å²) in [5.74, 6) is -0.122. The SMILES string of the molecule is C=C(C)C(=O)Oc1ccc(/N=C\OCCOS(=O)(=O)c2ccc(C)cc2)cc1. The van der Waals surface area contributed by atoms with Crippen molar-refractivity contribution in [2.24, 2.45) is 4.99 Å². The zero-order valence-electron chi connectivity index (χ0n) is 15.6. The van der Waals surface area contributed by atoms with Gasteiger partial charge in [0.05, 0.1) is 10.6 Å². The first-order valence-corrected chi connectivity index (χ1v) is 9.77. The summed E-state index contributed by atoms with van der Waals surface area (Å²) in [5.41, 5.74) is 1.84. The molecule has 0 fully saturated rings. The molecule has 0 aliphatic carbocycles. The summed E-state index contributed by atoms with van der Waals surface area (Å²) in [4.78, 5) is 15.6. The van der Waals surface area contributed by atoms with E-state index in [0.717, 1.165) is 5.56 Å². The van der Waals surface area contributed by atoms with Gasteiger partial charge in [0.25, 0.3) is 10.1 Å². The van der Waals surface area contributed by atoms with Crippen LogP contribution in [-0.2, 0) is 23.8 Å². The van der Waals surface area contributed by atoms with Gasteiger partial charge in [0.1, 0.15) is 19.0 Å². The van der Waals surface area contributed by atoms with Crippen LogP contribution in [0.25, 0.3) is 0 Å². The van der Waals surface area contributed by atoms with Crippen LogP contribution in [0.15, 0.2) is 70.6 Å². The molecule has 0 atom stereocenters. The van der Waals surface area contributed by atoms with Crippen LogP contribution < -0.4 is 4.74 Å². The normalized spacial score (nSPS) is 11.4. The number of carbonyl (C=O) groups is 1. The maximum atomic E-state index is 12.0. The monoisotopic (exact) mass is 403 g/mol. The summed E-state index contributed by atoms with van der Waals surface area (Å²) in [6.07, 6.45) is 1.19. The van der Waals surface area contributed by atoms with Crippen molar-refractivity contribution in [2.45, 2.75) is 18.7 Å². The molecule has 7 nitrogen and oxygen atoms in total. The van der Waals surface area contributed by atoms with Crippen LogP contribution in [0.2, 0.25) is 0 Å². The van der Waals surface area contributed by atoms with Gasteiger partial charge < -0.3 is 9.47 Å². The Hall–Kier alpha value is -2.97. The second kappa shape index (κ2) is 9.82. The molecule has 0 heterocycles. The van der Waals surface area contributed by atoms with Gasteiger partial charge in [0.2, 0.25) is 0 Å². The predicted octanol–water partition coefficient (Wildman–Crippen LogP) is 3.56. The van der Waals surface area contributed by atoms with Gasteiger partial charge in [-0.3, -0.25) is 4.18 Å². The number of aryl methyl sites for hydroxylation is 1. The van der Waals surface area contributed by atoms with Gasteiger partial charge in [0, 0.05) is 5.57 Å². The van der Waals surface area contributed by atoms with E-state index in [2.05, 4.69) is 11.6 Å². The third-order valence-electron chi connectivity index (χ3n) is 3.42. The molecule has 148 valence electrons. The molecule has 8 heteroatoms. The number of nitrogens with zero attached hydrogens (tertiary/aromatic N) is 1. The molecule has 28 heavy (non-hydrogen) atoms. The maximum absolute atomic E-state index is 12.0. The van der Waals surface area contributed by atoms with Gasteiger partial charge in [-0.1, -0.05) is 24.3 Å². The first-order chi connectivity index (χ1) is 13.3. The molecule has 0 saturated carbocycles. The maximum Gasteiger partial charge on any atom is 0.338 e. The van der Waals surface area contributed by atoms with E-state index in [1.165, 1.54) is 18.5 Å². The van der Waals surface area contributed by atoms with Crippen molar-refractivity contribution in [3.8, 4) is 5.75 Å². The highest BCUT2D eigenvalue weighted by molar-refractivity contribution is 7.86. The molecular formula is C20H21NO6S. The highest BCUT2D eigenvalue weighted by Crippen LogP contribution is 2.18. The number of hydrogen-bond donors (Lipinski definition) is 0. The van der Waals surface area contributed by atoms with E-state index >= 15 is 0 Å². The first-order valence-electron chi connectivity index (χ1n) is 8.36. The smallest absolute Gasteiger partial charge is 0.338 e. The molecule has 0 saturated heterocycles. The highest BCUT2D eigenvalue weighted by atomic mass is 32.2. The van der Waals surface area contributed by atoms with Crippen molar-refractivity contribution in [3.05, 3.63) is 66.2 Å². The molecule has 2 aromatic carbocycles. The summed E-state index contributed by atoms with van der Waals surface area (Å²) in [6.45, 7) is 6.81. The van der Waals surface area contributed by atoms with Crippen LogP contribution in [0.5, 0.6) is 5.75 Å². The van der Waals surface area contributed by atoms with E-state index in [1.807, 2.05) is 6.92 Å². The molecule has 0 aliphatic heterocycles. The van der Waals surface area contributed by atoms with Crippen molar-refractivity contribution in [1.29, 1.82) is 0 Å². The summed E-state index contributed by atoms with van der Waals surface area (Å²) < 4.78 is 39.1. The van der Waals surface area contributed by atoms with E-state index in [1.54, 1.807) is 43.3 Å². The fraction of sp³-hybridized carbons (Fsp3) is 0.200. The molecule has 2 rings (SSSR count). The van der Waals surface area contributed by atoms with E-state index in [-0.39, 0.29) is 18.1 Å². The lowest BCUT2D eigenvalue weighted by Gasteiger charge is -2.06. The average Bonchev–Trinajstić information content (AvgIpc) is 2.66. The molecule has 0 unspecified atom stereocenters. The van der Waals surface area contributed by atoms with E-state index in [0.29, 0.717) is 17.0 Å². The zero-order valence-corrected chi connectivity index (χ0v) is 16.4. The van der Waals surface area contributed by atoms with Gasteiger partial charge in [-0.2, -0.15) is 8.42 Å². The number of benzene rings is 2. The largest absolute Gasteiger partial charge is 0.481 e. The van der Waals surface area contributed by atoms with E-state index in [4.69, 9.17) is 13.7 Å². The van der Waals surface area contributed by atoms with Crippen LogP contribution in [0.4, 0.5) is 5.69 Å². The molecule has 0 spiro atoms. The Morgan fingerprint density at radius 3 is 2.32 bits per heavy atom. The minimum Gasteiger partial charge on any atom is -0.481 e. The zero-order chi connectivity index (χ0) is 20.6. The first kappa shape index (κ1) is 21.3. The molecular weight excluding hydrogens is 382 g/mol. The Bertz CT molecular complexity index is 947. The average molecular weight is 403 g/mol. The van der Waals surface area contributed by atoms with Crippen molar-refractivity contribution >= 4 is 28.2 Å². The van der Waals surface area contributed by atoms with Crippen molar-refractivity contribution in [2.75, 3.05) is 13.2 Å². The second-order valence-corrected chi connectivity index (χ2v) is 7.47. The molecule has 0 aliphatic rings. The number of aliphatic imine (C=N–C) groups is 1. The third kappa shape index (κ3) is 6.64. The summed E-state index contributed by atoms with van der Waals surface area (Å²) in [6, 6.07) is 12.8. The van der Waals surface area contributed by atoms with Gasteiger partial charge in [-0.05, 0) is 50.2 Å². The summed E-state index contributed by atoms with van der Waals surface area (Å²) in [7, 11) is -3.81. The fourth-order valence-corrected chi connectivity index (χ4v) is 2.80. The third-order valence-corrected chi connectivity index (χ3v) is 4.75. The summed E-state index contributed by atoms with van der Waals surface area (Å²) >= 11 is 0. The number of rotatable bonds is 9. The second-order valence-electron chi connectivity index (χ2n) is 5.86. The van der Waals surface area contributed by atoms with E-state index < -0.39 is 16.1 Å². The molecule has 2 aromatic rings. The van der Waals surface area contributed by atoms with Crippen LogP contribution in [0.1, 0.15) is 12.5 Å². The number of carbonyl (C=O) groups excluding carboxylic acids is 1. The molecule has 0 amide bonds. The molecule has 0 bridgehead atoms. The van der Waals surface area contributed by atoms with Gasteiger partial charge >= 0.3 is 5.97 Å². The van der Waals surface area contributed by atoms with Crippen molar-refractivity contribution in [1.82, 2.24) is 0 Å². The predicted molar refractivity (Wildman–Crippen MR) is 105 cm³/mol. The minimum atomic E-state index is -3.81. The lowest BCUT2D eigenvalue weighted by molar-refractivity contribution is -0.130. The lowest BCUT2D eigenvalue weighted by atomic mass is 10.2. The van der Waals surface area contributed by atoms with Crippen LogP contribution >= 0.6 is 0 Å². The van der Waals surface area contributed by atoms with Crippen molar-refractivity contribution in [3.63, 3.8) is 0 Å². The minimum absolute atomic E-state index is 0.0168. The standard InChI is InChI=1S/C20H21NO6S/c1-15(2)20(22)27-18-8-6-17(7-9-18)21-14-25-12-13-26-28(23,24)19-10-4-16(3)5-11-19/h4-11,14H,1,12-13H2,2-3H3/b21-14-. The number of hydrogen-bond acceptors (Lipinski definition) is 7. The van der Waals surface area contributed by atoms with Gasteiger partial charge in [-0.25, -0.2) is 9.79 Å². The number of ether oxygens (including phenoxy) is 2. The van der Waals surface area contributed by atoms with E-state index in [9.17, 15) is 13.2 Å². The topological polar surface area (TPSA) is 91.3 Å². The molecule has 0 aromatic heterocycles. The Morgan fingerprint density at radius 2 is 1.71 bits per heavy atom. The highest BCUT2D eigenvalue weighted by Gasteiger charge is 2.14. The summed E-state index contributed by atoms with van der Waals surface area (Å²) in [5, 5.41) is 0.